The van der Waals surface area contributed by atoms with Crippen molar-refractivity contribution in [3.8, 4) is 0 Å². The van der Waals surface area contributed by atoms with Gasteiger partial charge in [0.05, 0.1) is 11.6 Å². The molecule has 2 rings (SSSR count). The molecule has 0 spiro atoms. The van der Waals surface area contributed by atoms with E-state index in [0.717, 1.165) is 17.3 Å². The molecule has 1 atom stereocenters. The normalized spacial score (nSPS) is 19.6. The second-order valence-corrected chi connectivity index (χ2v) is 5.69. The van der Waals surface area contributed by atoms with E-state index >= 15 is 0 Å². The van der Waals surface area contributed by atoms with Crippen molar-refractivity contribution < 1.29 is 9.90 Å². The minimum atomic E-state index is -0.327. The summed E-state index contributed by atoms with van der Waals surface area (Å²) in [6.45, 7) is 1.05. The number of anilines is 1. The van der Waals surface area contributed by atoms with Crippen molar-refractivity contribution in [1.29, 1.82) is 0 Å². The van der Waals surface area contributed by atoms with E-state index in [-0.39, 0.29) is 18.6 Å². The van der Waals surface area contributed by atoms with E-state index in [2.05, 4.69) is 26.2 Å². The Kier molecular flexibility index (Phi) is 5.01. The molecule has 1 fully saturated rings. The summed E-state index contributed by atoms with van der Waals surface area (Å²) in [4.78, 5) is 18.0. The predicted octanol–water partition coefficient (Wildman–Crippen LogP) is 1.89. The van der Waals surface area contributed by atoms with Crippen LogP contribution in [0.1, 0.15) is 12.8 Å². The van der Waals surface area contributed by atoms with Crippen LogP contribution in [0.4, 0.5) is 5.82 Å². The van der Waals surface area contributed by atoms with Crippen LogP contribution in [0.2, 0.25) is 5.02 Å². The van der Waals surface area contributed by atoms with Gasteiger partial charge in [0.1, 0.15) is 11.9 Å². The summed E-state index contributed by atoms with van der Waals surface area (Å²) >= 11 is 9.36. The molecule has 0 radical (unpaired) electrons. The van der Waals surface area contributed by atoms with E-state index in [1.807, 2.05) is 0 Å². The fraction of sp³-hybridized carbons (Fsp3) is 0.500. The minimum Gasteiger partial charge on any atom is -0.395 e. The molecule has 2 N–H and O–H groups in total. The molecule has 0 unspecified atom stereocenters. The lowest BCUT2D eigenvalue weighted by atomic mass is 10.0. The summed E-state index contributed by atoms with van der Waals surface area (Å²) in [5, 5.41) is 12.5. The first-order valence-electron chi connectivity index (χ1n) is 6.09. The maximum Gasteiger partial charge on any atom is 0.245 e. The first-order chi connectivity index (χ1) is 9.11. The van der Waals surface area contributed by atoms with Crippen LogP contribution in [-0.2, 0) is 4.79 Å². The molecule has 1 aromatic heterocycles. The van der Waals surface area contributed by atoms with Gasteiger partial charge < -0.3 is 15.3 Å². The largest absolute Gasteiger partial charge is 0.395 e. The number of rotatable bonds is 4. The molecule has 1 aliphatic rings. The fourth-order valence-electron chi connectivity index (χ4n) is 2.10. The van der Waals surface area contributed by atoms with Gasteiger partial charge >= 0.3 is 0 Å². The lowest BCUT2D eigenvalue weighted by Crippen LogP contribution is -2.48. The van der Waals surface area contributed by atoms with Gasteiger partial charge in [-0.3, -0.25) is 4.79 Å². The number of pyridine rings is 1. The summed E-state index contributed by atoms with van der Waals surface area (Å²) in [6.07, 6.45) is 3.28. The Morgan fingerprint density at radius 2 is 2.42 bits per heavy atom. The highest BCUT2D eigenvalue weighted by Gasteiger charge is 2.28. The first kappa shape index (κ1) is 14.6. The topological polar surface area (TPSA) is 65.5 Å². The molecule has 0 aliphatic carbocycles. The molecule has 19 heavy (non-hydrogen) atoms. The molecular weight excluding hydrogens is 334 g/mol. The number of aliphatic hydroxyl groups is 1. The summed E-state index contributed by atoms with van der Waals surface area (Å²) < 4.78 is 0.792. The zero-order valence-electron chi connectivity index (χ0n) is 10.3. The highest BCUT2D eigenvalue weighted by Crippen LogP contribution is 2.25. The standard InChI is InChI=1S/C12H15BrClN3O2/c13-8-6-9(14)11(15-7-8)16-10-2-1-3-17(4-5-18)12(10)19/h6-7,10,18H,1-5H2,(H,15,16)/t10-/m0/s1. The number of likely N-dealkylation sites (tertiary alicyclic amines) is 1. The highest BCUT2D eigenvalue weighted by molar-refractivity contribution is 9.10. The van der Waals surface area contributed by atoms with E-state index in [1.165, 1.54) is 0 Å². The van der Waals surface area contributed by atoms with Crippen LogP contribution in [0.5, 0.6) is 0 Å². The van der Waals surface area contributed by atoms with E-state index in [1.54, 1.807) is 17.2 Å². The quantitative estimate of drug-likeness (QED) is 0.872. The second-order valence-electron chi connectivity index (χ2n) is 4.37. The molecule has 0 aromatic carbocycles. The number of hydrogen-bond acceptors (Lipinski definition) is 4. The van der Waals surface area contributed by atoms with E-state index in [4.69, 9.17) is 16.7 Å². The van der Waals surface area contributed by atoms with Gasteiger partial charge in [-0.05, 0) is 34.8 Å². The third-order valence-electron chi connectivity index (χ3n) is 3.02. The number of hydrogen-bond donors (Lipinski definition) is 2. The molecule has 1 saturated heterocycles. The van der Waals surface area contributed by atoms with Gasteiger partial charge in [-0.25, -0.2) is 4.98 Å². The average molecular weight is 349 g/mol. The zero-order valence-corrected chi connectivity index (χ0v) is 12.6. The van der Waals surface area contributed by atoms with Crippen molar-refractivity contribution in [2.24, 2.45) is 0 Å². The maximum atomic E-state index is 12.2. The molecule has 1 aromatic rings. The molecule has 104 valence electrons. The number of halogens is 2. The van der Waals surface area contributed by atoms with Crippen molar-refractivity contribution in [1.82, 2.24) is 9.88 Å². The lowest BCUT2D eigenvalue weighted by molar-refractivity contribution is -0.134. The van der Waals surface area contributed by atoms with Crippen molar-refractivity contribution in [2.45, 2.75) is 18.9 Å². The van der Waals surface area contributed by atoms with Gasteiger partial charge in [0.25, 0.3) is 0 Å². The number of amides is 1. The van der Waals surface area contributed by atoms with Crippen molar-refractivity contribution in [3.05, 3.63) is 21.8 Å². The second kappa shape index (κ2) is 6.54. The third-order valence-corrected chi connectivity index (χ3v) is 3.74. The Hall–Kier alpha value is -0.850. The number of aromatic nitrogens is 1. The van der Waals surface area contributed by atoms with Gasteiger partial charge in [0.2, 0.25) is 5.91 Å². The van der Waals surface area contributed by atoms with Gasteiger partial charge in [0, 0.05) is 23.8 Å². The van der Waals surface area contributed by atoms with Crippen LogP contribution in [0.25, 0.3) is 0 Å². The van der Waals surface area contributed by atoms with Gasteiger partial charge in [0.15, 0.2) is 0 Å². The Bertz CT molecular complexity index is 470. The summed E-state index contributed by atoms with van der Waals surface area (Å²) in [5.74, 6) is 0.496. The number of aliphatic hydroxyl groups excluding tert-OH is 1. The van der Waals surface area contributed by atoms with E-state index in [9.17, 15) is 4.79 Å². The molecule has 0 bridgehead atoms. The molecule has 5 nitrogen and oxygen atoms in total. The van der Waals surface area contributed by atoms with Crippen LogP contribution in [0.3, 0.4) is 0 Å². The van der Waals surface area contributed by atoms with Crippen LogP contribution in [-0.4, -0.2) is 46.6 Å². The Morgan fingerprint density at radius 1 is 1.63 bits per heavy atom. The number of piperidine rings is 1. The van der Waals surface area contributed by atoms with Gasteiger partial charge in [-0.15, -0.1) is 0 Å². The number of β-amino-alcohol motifs (C(OH)–C–C–N with tert-alkyl or cyclic N) is 1. The first-order valence-corrected chi connectivity index (χ1v) is 7.26. The van der Waals surface area contributed by atoms with E-state index in [0.29, 0.717) is 23.9 Å². The van der Waals surface area contributed by atoms with Crippen molar-refractivity contribution in [2.75, 3.05) is 25.0 Å². The van der Waals surface area contributed by atoms with Crippen molar-refractivity contribution in [3.63, 3.8) is 0 Å². The predicted molar refractivity (Wildman–Crippen MR) is 77.3 cm³/mol. The van der Waals surface area contributed by atoms with Gasteiger partial charge in [-0.1, -0.05) is 11.6 Å². The molecule has 2 heterocycles. The fourth-order valence-corrected chi connectivity index (χ4v) is 2.79. The SMILES string of the molecule is O=C1[C@@H](Nc2ncc(Br)cc2Cl)CCCN1CCO. The summed E-state index contributed by atoms with van der Waals surface area (Å²) in [7, 11) is 0. The summed E-state index contributed by atoms with van der Waals surface area (Å²) in [6, 6.07) is 1.40. The molecule has 1 aliphatic heterocycles. The molecule has 7 heteroatoms. The zero-order chi connectivity index (χ0) is 13.8. The number of carbonyl (C=O) groups is 1. The van der Waals surface area contributed by atoms with E-state index < -0.39 is 0 Å². The lowest BCUT2D eigenvalue weighted by Gasteiger charge is -2.32. The Balaban J connectivity index is 2.07. The number of carbonyl (C=O) groups excluding carboxylic acids is 1. The van der Waals surface area contributed by atoms with Crippen LogP contribution in [0.15, 0.2) is 16.7 Å². The van der Waals surface area contributed by atoms with Crippen LogP contribution >= 0.6 is 27.5 Å². The Morgan fingerprint density at radius 3 is 3.11 bits per heavy atom. The molecular formula is C12H15BrClN3O2. The smallest absolute Gasteiger partial charge is 0.245 e. The average Bonchev–Trinajstić information content (AvgIpc) is 2.37. The highest BCUT2D eigenvalue weighted by atomic mass is 79.9. The minimum absolute atomic E-state index is 0.0129. The van der Waals surface area contributed by atoms with Crippen molar-refractivity contribution >= 4 is 39.3 Å². The number of nitrogens with one attached hydrogen (secondary N) is 1. The number of nitrogens with zero attached hydrogens (tertiary/aromatic N) is 2. The Labute approximate surface area is 125 Å². The van der Waals surface area contributed by atoms with Crippen LogP contribution in [0, 0.1) is 0 Å². The summed E-state index contributed by atoms with van der Waals surface area (Å²) in [5.41, 5.74) is 0. The maximum absolute atomic E-state index is 12.2. The molecule has 1 amide bonds. The monoisotopic (exact) mass is 347 g/mol. The van der Waals surface area contributed by atoms with Crippen LogP contribution < -0.4 is 5.32 Å². The van der Waals surface area contributed by atoms with Gasteiger partial charge in [-0.2, -0.15) is 0 Å². The molecule has 0 saturated carbocycles. The third kappa shape index (κ3) is 3.58.